The van der Waals surface area contributed by atoms with Crippen molar-refractivity contribution in [3.8, 4) is 0 Å². The standard InChI is InChI=1S/C44H68O13/c1-25-21-34(55-44(23-25)35(46)12-11-31(54-44)24-41(6,50)40(48)49)26(2)9-10-30-14-18-43(53-30)19-15-33-39(57-43)36(47)29(5)38(52-33)32(45)22-28(4)37-27(3)13-17-42(56-37)16-7-8-20-51-42/h9-10,23,26-28,30-39,45-47,50H,5,7-8,11-22,24H2,1-4,6H3,(H,48,49)/b10-9+/t26-,27-,28+,30+,31+,32+,33?,34+,35-,36-,37?,38+,39-,41-,42+,43-,44-/m1/s1. The maximum Gasteiger partial charge on any atom is 0.335 e. The highest BCUT2D eigenvalue weighted by molar-refractivity contribution is 5.76. The first-order valence-corrected chi connectivity index (χ1v) is 21.7. The van der Waals surface area contributed by atoms with Gasteiger partial charge in [0.2, 0.25) is 5.79 Å². The van der Waals surface area contributed by atoms with Gasteiger partial charge in [-0.2, -0.15) is 0 Å². The summed E-state index contributed by atoms with van der Waals surface area (Å²) >= 11 is 0. The fraction of sp³-hybridized carbons (Fsp3) is 0.841. The Morgan fingerprint density at radius 2 is 1.75 bits per heavy atom. The zero-order valence-electron chi connectivity index (χ0n) is 34.6. The summed E-state index contributed by atoms with van der Waals surface area (Å²) in [7, 11) is 0. The van der Waals surface area contributed by atoms with Gasteiger partial charge in [0.1, 0.15) is 24.4 Å². The molecule has 0 bridgehead atoms. The molecule has 6 saturated heterocycles. The van der Waals surface area contributed by atoms with Gasteiger partial charge >= 0.3 is 5.97 Å². The monoisotopic (exact) mass is 804 g/mol. The number of aliphatic carboxylic acids is 1. The minimum Gasteiger partial charge on any atom is -0.479 e. The van der Waals surface area contributed by atoms with Gasteiger partial charge in [-0.15, -0.1) is 0 Å². The predicted molar refractivity (Wildman–Crippen MR) is 208 cm³/mol. The van der Waals surface area contributed by atoms with Crippen LogP contribution in [0.15, 0.2) is 36.0 Å². The molecule has 322 valence electrons. The summed E-state index contributed by atoms with van der Waals surface area (Å²) in [6.07, 6.45) is 9.37. The molecule has 0 saturated carbocycles. The largest absolute Gasteiger partial charge is 0.479 e. The smallest absolute Gasteiger partial charge is 0.335 e. The van der Waals surface area contributed by atoms with E-state index >= 15 is 0 Å². The molecule has 5 N–H and O–H groups in total. The number of carbonyl (C=O) groups is 1. The third-order valence-electron chi connectivity index (χ3n) is 14.0. The molecule has 3 spiro atoms. The number of rotatable bonds is 10. The Kier molecular flexibility index (Phi) is 12.9. The Morgan fingerprint density at radius 3 is 2.49 bits per heavy atom. The molecule has 13 nitrogen and oxygen atoms in total. The molecule has 13 heteroatoms. The lowest BCUT2D eigenvalue weighted by Gasteiger charge is -2.50. The second-order valence-corrected chi connectivity index (χ2v) is 18.9. The summed E-state index contributed by atoms with van der Waals surface area (Å²) in [4.78, 5) is 11.6. The normalized spacial score (nSPS) is 45.4. The van der Waals surface area contributed by atoms with E-state index in [1.165, 1.54) is 6.92 Å². The van der Waals surface area contributed by atoms with Crippen molar-refractivity contribution in [2.24, 2.45) is 17.8 Å². The van der Waals surface area contributed by atoms with Gasteiger partial charge in [0.15, 0.2) is 17.2 Å². The van der Waals surface area contributed by atoms with E-state index in [0.29, 0.717) is 56.4 Å². The average molecular weight is 805 g/mol. The van der Waals surface area contributed by atoms with Gasteiger partial charge in [-0.1, -0.05) is 45.1 Å². The van der Waals surface area contributed by atoms with E-state index in [2.05, 4.69) is 26.5 Å². The topological polar surface area (TPSA) is 183 Å². The van der Waals surface area contributed by atoms with E-state index in [-0.39, 0.29) is 36.6 Å². The number of aliphatic hydroxyl groups excluding tert-OH is 3. The highest BCUT2D eigenvalue weighted by Gasteiger charge is 2.55. The van der Waals surface area contributed by atoms with Gasteiger partial charge in [-0.3, -0.25) is 0 Å². The van der Waals surface area contributed by atoms with Crippen LogP contribution in [0.1, 0.15) is 125 Å². The maximum absolute atomic E-state index is 11.6. The third kappa shape index (κ3) is 9.15. The van der Waals surface area contributed by atoms with E-state index in [1.807, 2.05) is 19.9 Å². The highest BCUT2D eigenvalue weighted by atomic mass is 16.7. The Hall–Kier alpha value is -1.75. The van der Waals surface area contributed by atoms with Gasteiger partial charge in [-0.25, -0.2) is 4.79 Å². The van der Waals surface area contributed by atoms with Crippen molar-refractivity contribution in [1.29, 1.82) is 0 Å². The molecule has 0 aromatic rings. The van der Waals surface area contributed by atoms with Crippen LogP contribution >= 0.6 is 0 Å². The lowest BCUT2D eigenvalue weighted by molar-refractivity contribution is -0.321. The van der Waals surface area contributed by atoms with Crippen LogP contribution in [-0.2, 0) is 38.0 Å². The van der Waals surface area contributed by atoms with Crippen LogP contribution in [-0.4, -0.2) is 122 Å². The summed E-state index contributed by atoms with van der Waals surface area (Å²) in [5.74, 6) is -3.82. The fourth-order valence-corrected chi connectivity index (χ4v) is 10.5. The molecule has 0 aromatic heterocycles. The quantitative estimate of drug-likeness (QED) is 0.182. The number of carboxylic acid groups (broad SMARTS) is 1. The van der Waals surface area contributed by atoms with Gasteiger partial charge in [0, 0.05) is 38.0 Å². The Labute approximate surface area is 337 Å². The van der Waals surface area contributed by atoms with Crippen LogP contribution < -0.4 is 0 Å². The summed E-state index contributed by atoms with van der Waals surface area (Å²) in [5.41, 5.74) is -0.551. The van der Waals surface area contributed by atoms with E-state index < -0.39 is 71.7 Å². The molecule has 7 aliphatic heterocycles. The van der Waals surface area contributed by atoms with Gasteiger partial charge in [-0.05, 0) is 95.1 Å². The van der Waals surface area contributed by atoms with Crippen molar-refractivity contribution in [2.45, 2.75) is 209 Å². The second-order valence-electron chi connectivity index (χ2n) is 18.9. The molecule has 57 heavy (non-hydrogen) atoms. The predicted octanol–water partition coefficient (Wildman–Crippen LogP) is 5.21. The van der Waals surface area contributed by atoms with Crippen LogP contribution in [0.25, 0.3) is 0 Å². The minimum absolute atomic E-state index is 0.0423. The van der Waals surface area contributed by atoms with Crippen molar-refractivity contribution in [3.05, 3.63) is 36.0 Å². The Bertz CT molecular complexity index is 1510. The van der Waals surface area contributed by atoms with Crippen LogP contribution in [0.2, 0.25) is 0 Å². The van der Waals surface area contributed by atoms with Crippen molar-refractivity contribution in [1.82, 2.24) is 0 Å². The number of ether oxygens (including phenoxy) is 7. The molecule has 2 unspecified atom stereocenters. The third-order valence-corrected chi connectivity index (χ3v) is 14.0. The zero-order valence-corrected chi connectivity index (χ0v) is 34.6. The SMILES string of the molecule is C=C1[C@@H](O)[C@@H]2O[C@@]3(CCC2O[C@@H]1[C@@H](O)C[C@H](C)C1O[C@@]2(CCCCO2)CC[C@H]1C)CC[C@H](/C=C/[C@@H](C)[C@@H]1CC(C)=C[C@@]2(O[C@H](C[C@@](C)(O)C(=O)O)CC[C@H]2O)O1)O3. The summed E-state index contributed by atoms with van der Waals surface area (Å²) in [5, 5.41) is 54.0. The molecule has 0 amide bonds. The fourth-order valence-electron chi connectivity index (χ4n) is 10.5. The minimum atomic E-state index is -1.96. The molecular formula is C44H68O13. The molecule has 0 aromatic carbocycles. The molecule has 6 fully saturated rings. The Morgan fingerprint density at radius 1 is 1.00 bits per heavy atom. The molecule has 17 atom stereocenters. The number of hydrogen-bond donors (Lipinski definition) is 5. The maximum atomic E-state index is 11.6. The van der Waals surface area contributed by atoms with E-state index in [0.717, 1.165) is 50.7 Å². The van der Waals surface area contributed by atoms with E-state index in [1.54, 1.807) is 6.08 Å². The average Bonchev–Trinajstić information content (AvgIpc) is 3.56. The molecule has 7 heterocycles. The second kappa shape index (κ2) is 17.0. The number of fused-ring (bicyclic) bond motifs is 1. The highest BCUT2D eigenvalue weighted by Crippen LogP contribution is 2.47. The lowest BCUT2D eigenvalue weighted by Crippen LogP contribution is -2.60. The van der Waals surface area contributed by atoms with Crippen molar-refractivity contribution < 1.29 is 63.5 Å². The van der Waals surface area contributed by atoms with Gasteiger partial charge in [0.05, 0.1) is 43.2 Å². The number of aliphatic hydroxyl groups is 4. The van der Waals surface area contributed by atoms with Crippen molar-refractivity contribution in [2.75, 3.05) is 6.61 Å². The van der Waals surface area contributed by atoms with Crippen molar-refractivity contribution >= 4 is 5.97 Å². The first-order valence-electron chi connectivity index (χ1n) is 21.7. The first kappa shape index (κ1) is 43.3. The first-order chi connectivity index (χ1) is 26.9. The van der Waals surface area contributed by atoms with Gasteiger partial charge < -0.3 is 58.7 Å². The molecular weight excluding hydrogens is 736 g/mol. The summed E-state index contributed by atoms with van der Waals surface area (Å²) in [6, 6.07) is 0. The van der Waals surface area contributed by atoms with Crippen LogP contribution in [0, 0.1) is 17.8 Å². The van der Waals surface area contributed by atoms with E-state index in [9.17, 15) is 30.3 Å². The molecule has 7 rings (SSSR count). The Balaban J connectivity index is 0.920. The molecule has 7 aliphatic rings. The molecule has 0 radical (unpaired) electrons. The van der Waals surface area contributed by atoms with Crippen molar-refractivity contribution in [3.63, 3.8) is 0 Å². The van der Waals surface area contributed by atoms with E-state index in [4.69, 9.17) is 33.2 Å². The number of carboxylic acids is 1. The van der Waals surface area contributed by atoms with Gasteiger partial charge in [0.25, 0.3) is 0 Å². The molecule has 0 aliphatic carbocycles. The lowest BCUT2D eigenvalue weighted by atomic mass is 9.79. The number of hydrogen-bond acceptors (Lipinski definition) is 12. The summed E-state index contributed by atoms with van der Waals surface area (Å²) < 4.78 is 45.2. The van der Waals surface area contributed by atoms with Crippen LogP contribution in [0.5, 0.6) is 0 Å². The van der Waals surface area contributed by atoms with Crippen LogP contribution in [0.4, 0.5) is 0 Å². The summed E-state index contributed by atoms with van der Waals surface area (Å²) in [6.45, 7) is 14.5. The zero-order chi connectivity index (χ0) is 40.9. The van der Waals surface area contributed by atoms with Crippen LogP contribution in [0.3, 0.4) is 0 Å².